The van der Waals surface area contributed by atoms with E-state index in [1.54, 1.807) is 0 Å². The highest BCUT2D eigenvalue weighted by molar-refractivity contribution is 7.10. The fourth-order valence-corrected chi connectivity index (χ4v) is 7.76. The molecular weight excluding hydrogens is 332 g/mol. The molecular formula is C20H24N2O2S. The molecule has 0 bridgehead atoms. The van der Waals surface area contributed by atoms with Crippen LogP contribution in [0, 0.1) is 46.8 Å². The van der Waals surface area contributed by atoms with Gasteiger partial charge < -0.3 is 10.1 Å². The maximum absolute atomic E-state index is 12.4. The number of rotatable bonds is 2. The van der Waals surface area contributed by atoms with Gasteiger partial charge in [-0.05, 0) is 66.7 Å². The second kappa shape index (κ2) is 5.82. The molecule has 25 heavy (non-hydrogen) atoms. The molecule has 9 unspecified atom stereocenters. The first-order valence-electron chi connectivity index (χ1n) is 9.49. The Morgan fingerprint density at radius 3 is 2.88 bits per heavy atom. The van der Waals surface area contributed by atoms with Crippen LogP contribution in [-0.4, -0.2) is 25.2 Å². The van der Waals surface area contributed by atoms with Crippen molar-refractivity contribution >= 4 is 17.2 Å². The van der Waals surface area contributed by atoms with Crippen LogP contribution >= 0.6 is 11.3 Å². The Morgan fingerprint density at radius 1 is 1.28 bits per heavy atom. The minimum Gasteiger partial charge on any atom is -0.381 e. The van der Waals surface area contributed by atoms with Crippen molar-refractivity contribution < 1.29 is 9.53 Å². The van der Waals surface area contributed by atoms with Crippen molar-refractivity contribution in [3.63, 3.8) is 0 Å². The molecule has 5 heteroatoms. The summed E-state index contributed by atoms with van der Waals surface area (Å²) in [5.74, 6) is 2.47. The highest BCUT2D eigenvalue weighted by atomic mass is 32.1. The highest BCUT2D eigenvalue weighted by Gasteiger charge is 2.64. The zero-order valence-electron chi connectivity index (χ0n) is 14.4. The van der Waals surface area contributed by atoms with E-state index in [1.807, 2.05) is 18.4 Å². The van der Waals surface area contributed by atoms with Crippen molar-refractivity contribution in [2.75, 3.05) is 7.11 Å². The number of nitrogens with zero attached hydrogens (tertiary/aromatic N) is 1. The molecule has 3 aliphatic carbocycles. The molecule has 1 aromatic rings. The molecule has 132 valence electrons. The lowest BCUT2D eigenvalue weighted by Crippen LogP contribution is -2.45. The van der Waals surface area contributed by atoms with Crippen LogP contribution < -0.4 is 5.32 Å². The van der Waals surface area contributed by atoms with E-state index in [4.69, 9.17) is 4.74 Å². The monoisotopic (exact) mass is 356 g/mol. The quantitative estimate of drug-likeness (QED) is 0.885. The summed E-state index contributed by atoms with van der Waals surface area (Å²) < 4.78 is 5.75. The number of methoxy groups -OCH3 is 1. The van der Waals surface area contributed by atoms with Gasteiger partial charge in [-0.15, -0.1) is 11.3 Å². The van der Waals surface area contributed by atoms with E-state index < -0.39 is 5.92 Å². The number of carbonyl (C=O) groups is 1. The number of amides is 1. The van der Waals surface area contributed by atoms with E-state index in [1.165, 1.54) is 17.7 Å². The van der Waals surface area contributed by atoms with Gasteiger partial charge in [0.05, 0.1) is 12.2 Å². The molecule has 1 N–H and O–H groups in total. The summed E-state index contributed by atoms with van der Waals surface area (Å²) in [7, 11) is 1.81. The molecule has 3 saturated carbocycles. The minimum atomic E-state index is -0.471. The zero-order chi connectivity index (χ0) is 17.1. The molecule has 1 aliphatic heterocycles. The molecule has 0 radical (unpaired) electrons. The van der Waals surface area contributed by atoms with Crippen LogP contribution in [0.2, 0.25) is 0 Å². The Balaban J connectivity index is 1.57. The summed E-state index contributed by atoms with van der Waals surface area (Å²) in [6.07, 6.45) is 4.91. The van der Waals surface area contributed by atoms with Gasteiger partial charge in [-0.2, -0.15) is 5.26 Å². The topological polar surface area (TPSA) is 62.1 Å². The predicted octanol–water partition coefficient (Wildman–Crippen LogP) is 3.17. The average molecular weight is 356 g/mol. The number of nitrogens with one attached hydrogen (secondary N) is 1. The Hall–Kier alpha value is -1.38. The first-order valence-corrected chi connectivity index (χ1v) is 10.4. The molecule has 0 spiro atoms. The average Bonchev–Trinajstić information content (AvgIpc) is 3.32. The standard InChI is InChI=1S/C20H24N2O2S/c1-24-11-7-10-4-5-12(15-3-2-6-25-15)18-16(10)13(8-11)17-14(9-21)20(23)22-19(17)18/h2-3,6,10-14,16-19H,4-5,7-8H2,1H3,(H,22,23). The Bertz CT molecular complexity index is 712. The molecule has 4 nitrogen and oxygen atoms in total. The second-order valence-electron chi connectivity index (χ2n) is 8.33. The maximum Gasteiger partial charge on any atom is 0.237 e. The minimum absolute atomic E-state index is 0.0393. The van der Waals surface area contributed by atoms with Crippen LogP contribution in [0.25, 0.3) is 0 Å². The summed E-state index contributed by atoms with van der Waals surface area (Å²) in [5.41, 5.74) is 0. The van der Waals surface area contributed by atoms with Gasteiger partial charge in [0, 0.05) is 23.9 Å². The first-order chi connectivity index (χ1) is 12.2. The lowest BCUT2D eigenvalue weighted by Gasteiger charge is -2.47. The van der Waals surface area contributed by atoms with Crippen LogP contribution in [0.3, 0.4) is 0 Å². The summed E-state index contributed by atoms with van der Waals surface area (Å²) in [5, 5.41) is 15.1. The summed E-state index contributed by atoms with van der Waals surface area (Å²) >= 11 is 1.85. The van der Waals surface area contributed by atoms with E-state index in [9.17, 15) is 10.1 Å². The number of hydrogen-bond donors (Lipinski definition) is 1. The van der Waals surface area contributed by atoms with Gasteiger partial charge in [0.15, 0.2) is 0 Å². The summed E-state index contributed by atoms with van der Waals surface area (Å²) in [6, 6.07) is 6.91. The molecule has 0 aromatic carbocycles. The number of carbonyl (C=O) groups excluding carboxylic acids is 1. The third-order valence-electron chi connectivity index (χ3n) is 7.58. The fraction of sp³-hybridized carbons (Fsp3) is 0.700. The van der Waals surface area contributed by atoms with Crippen LogP contribution in [-0.2, 0) is 9.53 Å². The second-order valence-corrected chi connectivity index (χ2v) is 9.30. The normalized spacial score (nSPS) is 47.7. The zero-order valence-corrected chi connectivity index (χ0v) is 15.2. The van der Waals surface area contributed by atoms with E-state index in [2.05, 4.69) is 28.9 Å². The third-order valence-corrected chi connectivity index (χ3v) is 8.58. The Morgan fingerprint density at radius 2 is 2.16 bits per heavy atom. The van der Waals surface area contributed by atoms with Gasteiger partial charge in [-0.25, -0.2) is 0 Å². The number of nitriles is 1. The van der Waals surface area contributed by atoms with Gasteiger partial charge in [0.2, 0.25) is 5.91 Å². The van der Waals surface area contributed by atoms with Crippen LogP contribution in [0.5, 0.6) is 0 Å². The van der Waals surface area contributed by atoms with Gasteiger partial charge in [0.25, 0.3) is 0 Å². The number of ether oxygens (including phenoxy) is 1. The van der Waals surface area contributed by atoms with E-state index in [0.29, 0.717) is 35.7 Å². The number of fused-ring (bicyclic) bond motifs is 3. The van der Waals surface area contributed by atoms with Crippen molar-refractivity contribution in [1.82, 2.24) is 5.32 Å². The van der Waals surface area contributed by atoms with Crippen molar-refractivity contribution in [1.29, 1.82) is 5.26 Å². The highest BCUT2D eigenvalue weighted by Crippen LogP contribution is 2.63. The summed E-state index contributed by atoms with van der Waals surface area (Å²) in [6.45, 7) is 0. The summed E-state index contributed by atoms with van der Waals surface area (Å²) in [4.78, 5) is 13.9. The van der Waals surface area contributed by atoms with Crippen molar-refractivity contribution in [2.24, 2.45) is 35.5 Å². The van der Waals surface area contributed by atoms with Gasteiger partial charge >= 0.3 is 0 Å². The Labute approximate surface area is 152 Å². The predicted molar refractivity (Wildman–Crippen MR) is 94.8 cm³/mol. The van der Waals surface area contributed by atoms with Crippen molar-refractivity contribution in [2.45, 2.75) is 43.7 Å². The SMILES string of the molecule is COC1CC2CCC(c3cccs3)C3C4NC(=O)C(C#N)C4C(C1)C23. The number of hydrogen-bond acceptors (Lipinski definition) is 4. The molecule has 4 aliphatic rings. The fourth-order valence-electron chi connectivity index (χ4n) is 6.84. The third kappa shape index (κ3) is 2.17. The smallest absolute Gasteiger partial charge is 0.237 e. The molecule has 1 saturated heterocycles. The van der Waals surface area contributed by atoms with Crippen molar-refractivity contribution in [3.8, 4) is 6.07 Å². The first kappa shape index (κ1) is 15.8. The molecule has 9 atom stereocenters. The lowest BCUT2D eigenvalue weighted by atomic mass is 9.59. The van der Waals surface area contributed by atoms with Gasteiger partial charge in [-0.1, -0.05) is 6.07 Å². The number of thiophene rings is 1. The largest absolute Gasteiger partial charge is 0.381 e. The van der Waals surface area contributed by atoms with Gasteiger partial charge in [-0.3, -0.25) is 4.79 Å². The van der Waals surface area contributed by atoms with E-state index in [-0.39, 0.29) is 17.9 Å². The molecule has 1 amide bonds. The molecule has 5 rings (SSSR count). The van der Waals surface area contributed by atoms with Crippen LogP contribution in [0.1, 0.15) is 36.5 Å². The van der Waals surface area contributed by atoms with Gasteiger partial charge in [0.1, 0.15) is 5.92 Å². The van der Waals surface area contributed by atoms with Crippen LogP contribution in [0.4, 0.5) is 0 Å². The maximum atomic E-state index is 12.4. The lowest BCUT2D eigenvalue weighted by molar-refractivity contribution is -0.123. The van der Waals surface area contributed by atoms with E-state index in [0.717, 1.165) is 12.8 Å². The molecule has 4 fully saturated rings. The van der Waals surface area contributed by atoms with Crippen molar-refractivity contribution in [3.05, 3.63) is 22.4 Å². The Kier molecular flexibility index (Phi) is 3.69. The van der Waals surface area contributed by atoms with Crippen LogP contribution in [0.15, 0.2) is 17.5 Å². The molecule has 2 heterocycles. The van der Waals surface area contributed by atoms with E-state index >= 15 is 0 Å². The molecule has 1 aromatic heterocycles.